The summed E-state index contributed by atoms with van der Waals surface area (Å²) < 4.78 is 5.34. The highest BCUT2D eigenvalue weighted by atomic mass is 16.5. The molecule has 0 unspecified atom stereocenters. The lowest BCUT2D eigenvalue weighted by Gasteiger charge is -2.34. The van der Waals surface area contributed by atoms with Crippen LogP contribution in [0.3, 0.4) is 0 Å². The summed E-state index contributed by atoms with van der Waals surface area (Å²) in [5.41, 5.74) is 12.4. The normalized spacial score (nSPS) is 17.6. The molecule has 0 bridgehead atoms. The number of aliphatic hydroxyl groups excluding tert-OH is 1. The highest BCUT2D eigenvalue weighted by Crippen LogP contribution is 2.24. The molecule has 0 aliphatic carbocycles. The minimum absolute atomic E-state index is 0.104. The molecule has 1 aliphatic heterocycles. The summed E-state index contributed by atoms with van der Waals surface area (Å²) in [4.78, 5) is 26.6. The average molecular weight is 399 g/mol. The van der Waals surface area contributed by atoms with Crippen molar-refractivity contribution in [1.82, 2.24) is 0 Å². The first-order chi connectivity index (χ1) is 13.8. The van der Waals surface area contributed by atoms with Gasteiger partial charge in [-0.15, -0.1) is 0 Å². The number of amides is 2. The maximum atomic E-state index is 12.8. The van der Waals surface area contributed by atoms with Crippen LogP contribution in [-0.2, 0) is 14.3 Å². The van der Waals surface area contributed by atoms with E-state index < -0.39 is 24.0 Å². The molecule has 0 radical (unpaired) electrons. The molecule has 1 heterocycles. The summed E-state index contributed by atoms with van der Waals surface area (Å²) in [7, 11) is 0. The molecule has 0 aromatic heterocycles. The summed E-state index contributed by atoms with van der Waals surface area (Å²) in [6.07, 6.45) is -3.17. The number of carbonyl (C=O) groups is 2. The first-order valence-electron chi connectivity index (χ1n) is 8.73. The number of amidine groups is 1. The van der Waals surface area contributed by atoms with Crippen molar-refractivity contribution in [3.63, 3.8) is 0 Å². The second kappa shape index (κ2) is 8.17. The van der Waals surface area contributed by atoms with Crippen LogP contribution in [-0.4, -0.2) is 53.2 Å². The number of rotatable bonds is 5. The van der Waals surface area contributed by atoms with Crippen molar-refractivity contribution in [2.75, 3.05) is 29.1 Å². The van der Waals surface area contributed by atoms with Crippen LogP contribution in [0.1, 0.15) is 5.56 Å². The van der Waals surface area contributed by atoms with Crippen LogP contribution < -0.4 is 21.7 Å². The number of morpholine rings is 1. The van der Waals surface area contributed by atoms with Gasteiger partial charge in [-0.05, 0) is 30.3 Å². The first kappa shape index (κ1) is 20.1. The molecule has 2 amide bonds. The molecule has 0 spiro atoms. The number of aromatic hydroxyl groups is 1. The molecule has 2 atom stereocenters. The largest absolute Gasteiger partial charge is 0.507 e. The van der Waals surface area contributed by atoms with Crippen molar-refractivity contribution in [2.24, 2.45) is 5.73 Å². The van der Waals surface area contributed by atoms with Gasteiger partial charge in [0.15, 0.2) is 12.2 Å². The number of nitrogens with zero attached hydrogens (tertiary/aromatic N) is 1. The number of nitrogens with one attached hydrogen (secondary N) is 2. The molecule has 8 N–H and O–H groups in total. The van der Waals surface area contributed by atoms with E-state index >= 15 is 0 Å². The minimum atomic E-state index is -1.78. The maximum absolute atomic E-state index is 12.8. The van der Waals surface area contributed by atoms with Gasteiger partial charge in [0.2, 0.25) is 0 Å². The number of nitrogen functional groups attached to an aromatic ring is 2. The number of phenolic OH excluding ortho intramolecular Hbond substituents is 1. The number of phenols is 1. The van der Waals surface area contributed by atoms with Crippen LogP contribution in [0.5, 0.6) is 5.75 Å². The van der Waals surface area contributed by atoms with Crippen molar-refractivity contribution < 1.29 is 24.5 Å². The fraction of sp³-hybridized carbons (Fsp3) is 0.211. The number of hydrogen-bond acceptors (Lipinski definition) is 7. The number of benzene rings is 2. The van der Waals surface area contributed by atoms with Crippen molar-refractivity contribution >= 4 is 34.7 Å². The van der Waals surface area contributed by atoms with Gasteiger partial charge < -0.3 is 36.6 Å². The molecular formula is C19H21N5O5. The van der Waals surface area contributed by atoms with Gasteiger partial charge in [-0.25, -0.2) is 0 Å². The lowest BCUT2D eigenvalue weighted by molar-refractivity contribution is -0.150. The fourth-order valence-electron chi connectivity index (χ4n) is 2.97. The summed E-state index contributed by atoms with van der Waals surface area (Å²) in [5.74, 6) is -2.09. The summed E-state index contributed by atoms with van der Waals surface area (Å²) >= 11 is 0. The molecule has 10 nitrogen and oxygen atoms in total. The Labute approximate surface area is 166 Å². The molecule has 10 heteroatoms. The van der Waals surface area contributed by atoms with E-state index in [4.69, 9.17) is 21.6 Å². The highest BCUT2D eigenvalue weighted by Gasteiger charge is 2.39. The topological polar surface area (TPSA) is 175 Å². The van der Waals surface area contributed by atoms with Gasteiger partial charge in [-0.1, -0.05) is 6.07 Å². The highest BCUT2D eigenvalue weighted by molar-refractivity contribution is 6.04. The molecule has 0 saturated carbocycles. The zero-order chi connectivity index (χ0) is 21.1. The second-order valence-corrected chi connectivity index (χ2v) is 6.46. The van der Waals surface area contributed by atoms with E-state index in [1.165, 1.54) is 23.1 Å². The van der Waals surface area contributed by atoms with Gasteiger partial charge >= 0.3 is 0 Å². The Bertz CT molecular complexity index is 964. The fourth-order valence-corrected chi connectivity index (χ4v) is 2.97. The number of nitrogens with two attached hydrogens (primary N) is 2. The van der Waals surface area contributed by atoms with E-state index in [0.717, 1.165) is 0 Å². The van der Waals surface area contributed by atoms with E-state index in [1.807, 2.05) is 0 Å². The Balaban J connectivity index is 1.72. The second-order valence-electron chi connectivity index (χ2n) is 6.46. The van der Waals surface area contributed by atoms with Gasteiger partial charge in [0.1, 0.15) is 11.6 Å². The van der Waals surface area contributed by atoms with Crippen molar-refractivity contribution in [3.05, 3.63) is 48.0 Å². The van der Waals surface area contributed by atoms with Crippen LogP contribution in [0.2, 0.25) is 0 Å². The zero-order valence-corrected chi connectivity index (χ0v) is 15.3. The number of aliphatic hydroxyl groups is 1. The third-order valence-corrected chi connectivity index (χ3v) is 4.41. The Morgan fingerprint density at radius 2 is 2.07 bits per heavy atom. The van der Waals surface area contributed by atoms with E-state index in [2.05, 4.69) is 5.32 Å². The minimum Gasteiger partial charge on any atom is -0.507 e. The molecular weight excluding hydrogens is 378 g/mol. The summed E-state index contributed by atoms with van der Waals surface area (Å²) in [6.45, 7) is 0.386. The summed E-state index contributed by atoms with van der Waals surface area (Å²) in [5, 5.41) is 30.0. The number of carbonyl (C=O) groups excluding carboxylic acids is 2. The van der Waals surface area contributed by atoms with E-state index in [0.29, 0.717) is 11.4 Å². The standard InChI is InChI=1S/C19H21N5O5/c20-10-2-1-3-12(8-10)24-6-7-29-16(19(24)28)15(26)18(27)23-11-4-5-13(17(21)22)14(25)9-11/h1-5,8-9,15-16,25-26H,6-7,20H2,(H3,21,22)(H,23,27)/t15-,16-/m1/s1. The Hall–Kier alpha value is -3.63. The van der Waals surface area contributed by atoms with Crippen LogP contribution in [0, 0.1) is 5.41 Å². The number of anilines is 3. The van der Waals surface area contributed by atoms with Gasteiger partial charge in [0.25, 0.3) is 11.8 Å². The Morgan fingerprint density at radius 3 is 2.72 bits per heavy atom. The average Bonchev–Trinajstić information content (AvgIpc) is 2.67. The summed E-state index contributed by atoms with van der Waals surface area (Å²) in [6, 6.07) is 10.6. The molecule has 29 heavy (non-hydrogen) atoms. The molecule has 3 rings (SSSR count). The molecule has 152 valence electrons. The van der Waals surface area contributed by atoms with Crippen LogP contribution in [0.15, 0.2) is 42.5 Å². The Morgan fingerprint density at radius 1 is 1.31 bits per heavy atom. The Kier molecular flexibility index (Phi) is 5.66. The molecule has 1 saturated heterocycles. The quantitative estimate of drug-likeness (QED) is 0.233. The van der Waals surface area contributed by atoms with Gasteiger partial charge in [-0.3, -0.25) is 15.0 Å². The van der Waals surface area contributed by atoms with Crippen molar-refractivity contribution in [1.29, 1.82) is 5.41 Å². The van der Waals surface area contributed by atoms with Crippen LogP contribution in [0.4, 0.5) is 17.1 Å². The van der Waals surface area contributed by atoms with Crippen LogP contribution in [0.25, 0.3) is 0 Å². The van der Waals surface area contributed by atoms with E-state index in [9.17, 15) is 19.8 Å². The third kappa shape index (κ3) is 4.28. The SMILES string of the molecule is N=C(N)c1ccc(NC(=O)[C@H](O)[C@H]2OCCN(c3cccc(N)c3)C2=O)cc1O. The molecule has 2 aromatic rings. The predicted molar refractivity (Wildman–Crippen MR) is 107 cm³/mol. The van der Waals surface area contributed by atoms with E-state index in [-0.39, 0.29) is 36.0 Å². The maximum Gasteiger partial charge on any atom is 0.259 e. The van der Waals surface area contributed by atoms with Crippen molar-refractivity contribution in [3.8, 4) is 5.75 Å². The lowest BCUT2D eigenvalue weighted by atomic mass is 10.1. The number of ether oxygens (including phenoxy) is 1. The van der Waals surface area contributed by atoms with Gasteiger partial charge in [0, 0.05) is 29.7 Å². The molecule has 2 aromatic carbocycles. The number of hydrogen-bond donors (Lipinski definition) is 6. The van der Waals surface area contributed by atoms with Gasteiger partial charge in [-0.2, -0.15) is 0 Å². The van der Waals surface area contributed by atoms with Crippen molar-refractivity contribution in [2.45, 2.75) is 12.2 Å². The zero-order valence-electron chi connectivity index (χ0n) is 15.3. The van der Waals surface area contributed by atoms with Gasteiger partial charge in [0.05, 0.1) is 12.2 Å². The third-order valence-electron chi connectivity index (χ3n) is 4.41. The molecule has 1 aliphatic rings. The smallest absolute Gasteiger partial charge is 0.259 e. The lowest BCUT2D eigenvalue weighted by Crippen LogP contribution is -2.55. The monoisotopic (exact) mass is 399 g/mol. The molecule has 1 fully saturated rings. The van der Waals surface area contributed by atoms with E-state index in [1.54, 1.807) is 24.3 Å². The van der Waals surface area contributed by atoms with Crippen LogP contribution >= 0.6 is 0 Å². The first-order valence-corrected chi connectivity index (χ1v) is 8.73. The predicted octanol–water partition coefficient (Wildman–Crippen LogP) is -0.0101.